The fraction of sp³-hybridized carbons (Fsp3) is 0.609. The van der Waals surface area contributed by atoms with Crippen LogP contribution in [0.3, 0.4) is 0 Å². The third-order valence-electron chi connectivity index (χ3n) is 6.51. The molecule has 2 aliphatic carbocycles. The number of carbonyl (C=O) groups excluding carboxylic acids is 5. The van der Waals surface area contributed by atoms with Gasteiger partial charge in [-0.05, 0) is 48.9 Å². The summed E-state index contributed by atoms with van der Waals surface area (Å²) in [5.41, 5.74) is 0. The highest BCUT2D eigenvalue weighted by Crippen LogP contribution is 2.53. The zero-order valence-corrected chi connectivity index (χ0v) is 18.9. The zero-order valence-electron chi connectivity index (χ0n) is 18.9. The highest BCUT2D eigenvalue weighted by Gasteiger charge is 2.47. The van der Waals surface area contributed by atoms with E-state index in [4.69, 9.17) is 9.84 Å². The minimum absolute atomic E-state index is 0.162. The molecular weight excluding hydrogens is 432 g/mol. The minimum atomic E-state index is -0.537. The smallest absolute Gasteiger partial charge is 0.302 e. The van der Waals surface area contributed by atoms with E-state index in [1.807, 2.05) is 5.32 Å². The number of hydrogen-bond donors (Lipinski definition) is 3. The molecule has 10 nitrogen and oxygen atoms in total. The van der Waals surface area contributed by atoms with Crippen molar-refractivity contribution in [1.82, 2.24) is 10.2 Å². The van der Waals surface area contributed by atoms with Crippen molar-refractivity contribution in [2.75, 3.05) is 19.9 Å². The molecule has 2 aliphatic heterocycles. The van der Waals surface area contributed by atoms with Crippen LogP contribution in [0.5, 0.6) is 0 Å². The van der Waals surface area contributed by atoms with E-state index >= 15 is 0 Å². The Labute approximate surface area is 192 Å². The zero-order chi connectivity index (χ0) is 24.5. The monoisotopic (exact) mass is 464 g/mol. The third kappa shape index (κ3) is 7.33. The summed E-state index contributed by atoms with van der Waals surface area (Å²) in [4.78, 5) is 52.6. The van der Waals surface area contributed by atoms with Crippen LogP contribution in [0.15, 0.2) is 24.3 Å². The standard InChI is InChI=1S/C14H24O3.C5H5NO3.C4H3NO2/c1-3-13-12(8-17-9(2)16)6-11-4-10(7-15)5-14(11)13;7-3-6-4(8)1-2-5(6)9;6-3-1-2-4(7)5-3/h10-15H,3-8H2,1-2H3;1-2,7H,3H2;1-2H,(H,5,6,7). The summed E-state index contributed by atoms with van der Waals surface area (Å²) in [6.45, 7) is 4.13. The molecule has 2 heterocycles. The van der Waals surface area contributed by atoms with E-state index in [0.29, 0.717) is 31.0 Å². The summed E-state index contributed by atoms with van der Waals surface area (Å²) in [5.74, 6) is 1.56. The van der Waals surface area contributed by atoms with Crippen LogP contribution in [0.2, 0.25) is 0 Å². The predicted molar refractivity (Wildman–Crippen MR) is 116 cm³/mol. The molecule has 4 aliphatic rings. The second kappa shape index (κ2) is 12.4. The van der Waals surface area contributed by atoms with Gasteiger partial charge in [0.05, 0.1) is 6.61 Å². The van der Waals surface area contributed by atoms with E-state index in [-0.39, 0.29) is 17.8 Å². The van der Waals surface area contributed by atoms with E-state index in [1.165, 1.54) is 44.8 Å². The molecular formula is C23H32N2O8. The SMILES string of the molecule is CCC1C(COC(C)=O)CC2CC(CO)CC21.O=C1C=CC(=O)N1.O=C1C=CC(=O)N1CO. The number of nitrogens with zero attached hydrogens (tertiary/aromatic N) is 1. The molecule has 4 rings (SSSR count). The van der Waals surface area contributed by atoms with Crippen LogP contribution in [0.25, 0.3) is 0 Å². The fourth-order valence-electron chi connectivity index (χ4n) is 5.11. The molecule has 5 atom stereocenters. The summed E-state index contributed by atoms with van der Waals surface area (Å²) < 4.78 is 5.19. The van der Waals surface area contributed by atoms with E-state index in [0.717, 1.165) is 28.9 Å². The van der Waals surface area contributed by atoms with Gasteiger partial charge in [0.15, 0.2) is 0 Å². The van der Waals surface area contributed by atoms with Crippen LogP contribution in [-0.2, 0) is 28.7 Å². The Bertz CT molecular complexity index is 787. The number of amides is 4. The molecule has 0 aromatic carbocycles. The Morgan fingerprint density at radius 2 is 1.64 bits per heavy atom. The lowest BCUT2D eigenvalue weighted by atomic mass is 9.85. The first-order chi connectivity index (χ1) is 15.7. The summed E-state index contributed by atoms with van der Waals surface area (Å²) >= 11 is 0. The normalized spacial score (nSPS) is 29.3. The van der Waals surface area contributed by atoms with Crippen LogP contribution < -0.4 is 5.32 Å². The number of rotatable bonds is 5. The first-order valence-corrected chi connectivity index (χ1v) is 11.1. The summed E-state index contributed by atoms with van der Waals surface area (Å²) in [6.07, 6.45) is 9.35. The van der Waals surface area contributed by atoms with E-state index < -0.39 is 18.5 Å². The fourth-order valence-corrected chi connectivity index (χ4v) is 5.11. The average Bonchev–Trinajstić information content (AvgIpc) is 3.51. The molecule has 10 heteroatoms. The van der Waals surface area contributed by atoms with Gasteiger partial charge in [-0.15, -0.1) is 0 Å². The van der Waals surface area contributed by atoms with Crippen molar-refractivity contribution in [3.8, 4) is 0 Å². The number of esters is 1. The Morgan fingerprint density at radius 3 is 2.03 bits per heavy atom. The minimum Gasteiger partial charge on any atom is -0.466 e. The molecule has 33 heavy (non-hydrogen) atoms. The van der Waals surface area contributed by atoms with Gasteiger partial charge in [0.2, 0.25) is 0 Å². The Balaban J connectivity index is 0.000000201. The third-order valence-corrected chi connectivity index (χ3v) is 6.51. The first kappa shape index (κ1) is 26.4. The van der Waals surface area contributed by atoms with Crippen LogP contribution in [-0.4, -0.2) is 64.7 Å². The largest absolute Gasteiger partial charge is 0.466 e. The second-order valence-electron chi connectivity index (χ2n) is 8.58. The molecule has 182 valence electrons. The van der Waals surface area contributed by atoms with Gasteiger partial charge in [0.1, 0.15) is 6.73 Å². The number of hydrogen-bond acceptors (Lipinski definition) is 8. The maximum Gasteiger partial charge on any atom is 0.302 e. The van der Waals surface area contributed by atoms with Gasteiger partial charge in [0, 0.05) is 37.8 Å². The number of aliphatic hydroxyl groups is 2. The molecule has 0 aromatic rings. The Morgan fingerprint density at radius 1 is 1.03 bits per heavy atom. The van der Waals surface area contributed by atoms with E-state index in [2.05, 4.69) is 6.92 Å². The van der Waals surface area contributed by atoms with Gasteiger partial charge in [-0.25, -0.2) is 0 Å². The van der Waals surface area contributed by atoms with Crippen molar-refractivity contribution >= 4 is 29.6 Å². The molecule has 5 unspecified atom stereocenters. The maximum atomic E-state index is 10.9. The van der Waals surface area contributed by atoms with Gasteiger partial charge < -0.3 is 14.9 Å². The van der Waals surface area contributed by atoms with Gasteiger partial charge in [0.25, 0.3) is 23.6 Å². The highest BCUT2D eigenvalue weighted by molar-refractivity contribution is 6.13. The van der Waals surface area contributed by atoms with Crippen molar-refractivity contribution in [3.05, 3.63) is 24.3 Å². The van der Waals surface area contributed by atoms with Gasteiger partial charge in [-0.3, -0.25) is 34.2 Å². The van der Waals surface area contributed by atoms with Crippen LogP contribution in [0, 0.1) is 29.6 Å². The molecule has 0 radical (unpaired) electrons. The van der Waals surface area contributed by atoms with Crippen LogP contribution in [0.1, 0.15) is 39.5 Å². The van der Waals surface area contributed by atoms with Crippen molar-refractivity contribution in [3.63, 3.8) is 0 Å². The lowest BCUT2D eigenvalue weighted by Crippen LogP contribution is -2.30. The predicted octanol–water partition coefficient (Wildman–Crippen LogP) is 0.291. The second-order valence-corrected chi connectivity index (χ2v) is 8.58. The molecule has 0 saturated heterocycles. The van der Waals surface area contributed by atoms with E-state index in [1.54, 1.807) is 0 Å². The van der Waals surface area contributed by atoms with Gasteiger partial charge in [-0.2, -0.15) is 0 Å². The van der Waals surface area contributed by atoms with E-state index in [9.17, 15) is 29.1 Å². The number of aliphatic hydroxyl groups excluding tert-OH is 2. The number of nitrogens with one attached hydrogen (secondary N) is 1. The molecule has 0 bridgehead atoms. The molecule has 0 spiro atoms. The Kier molecular flexibility index (Phi) is 9.93. The summed E-state index contributed by atoms with van der Waals surface area (Å²) in [7, 11) is 0. The topological polar surface area (TPSA) is 150 Å². The van der Waals surface area contributed by atoms with Gasteiger partial charge in [-0.1, -0.05) is 13.3 Å². The number of imide groups is 2. The van der Waals surface area contributed by atoms with Crippen LogP contribution in [0.4, 0.5) is 0 Å². The van der Waals surface area contributed by atoms with Crippen molar-refractivity contribution < 1.29 is 38.9 Å². The summed E-state index contributed by atoms with van der Waals surface area (Å²) in [5, 5.41) is 19.6. The molecule has 2 fully saturated rings. The van der Waals surface area contributed by atoms with Crippen LogP contribution >= 0.6 is 0 Å². The molecule has 4 amide bonds. The molecule has 2 saturated carbocycles. The highest BCUT2D eigenvalue weighted by atomic mass is 16.5. The first-order valence-electron chi connectivity index (χ1n) is 11.1. The maximum absolute atomic E-state index is 10.9. The van der Waals surface area contributed by atoms with Gasteiger partial charge >= 0.3 is 5.97 Å². The average molecular weight is 465 g/mol. The lowest BCUT2D eigenvalue weighted by Gasteiger charge is -2.23. The Hall–Kier alpha value is -2.85. The van der Waals surface area contributed by atoms with Crippen molar-refractivity contribution in [1.29, 1.82) is 0 Å². The molecule has 3 N–H and O–H groups in total. The number of fused-ring (bicyclic) bond motifs is 1. The van der Waals surface area contributed by atoms with Crippen molar-refractivity contribution in [2.24, 2.45) is 29.6 Å². The number of carbonyl (C=O) groups is 5. The quantitative estimate of drug-likeness (QED) is 0.388. The molecule has 0 aromatic heterocycles. The lowest BCUT2D eigenvalue weighted by molar-refractivity contribution is -0.143. The van der Waals surface area contributed by atoms with Crippen molar-refractivity contribution in [2.45, 2.75) is 39.5 Å². The number of ether oxygens (including phenoxy) is 1. The summed E-state index contributed by atoms with van der Waals surface area (Å²) in [6, 6.07) is 0.